The van der Waals surface area contributed by atoms with Gasteiger partial charge in [0.25, 0.3) is 56.9 Å². The first-order valence-electron chi connectivity index (χ1n) is 27.9. The van der Waals surface area contributed by atoms with E-state index in [0.29, 0.717) is 47.9 Å². The molecule has 468 valence electrons. The molecular formula is C60H50F2N16O14. The Morgan fingerprint density at radius 2 is 0.957 bits per heavy atom. The molecule has 4 heterocycles. The number of benzene rings is 4. The molecule has 0 fully saturated rings. The van der Waals surface area contributed by atoms with Gasteiger partial charge in [0.1, 0.15) is 57.2 Å². The molecule has 2 aliphatic carbocycles. The summed E-state index contributed by atoms with van der Waals surface area (Å²) in [6.45, 7) is 2.96. The average molecular weight is 1260 g/mol. The summed E-state index contributed by atoms with van der Waals surface area (Å²) in [5.74, 6) is -6.49. The van der Waals surface area contributed by atoms with E-state index < -0.39 is 92.4 Å². The van der Waals surface area contributed by atoms with E-state index in [9.17, 15) is 76.5 Å². The molecule has 4 amide bonds. The van der Waals surface area contributed by atoms with Crippen LogP contribution in [-0.2, 0) is 39.0 Å². The SMILES string of the molecule is Cc1c(C(=O)O)ccc2c1CC[C@@H]2NC(=O)c1cc(C(=O)NCc2ccc(F)c(CNc3c(N)c(=O)c3=O)c2)n2c(=O)[nH]nc2n1.Cc1c(C(=O)O)ccc2c1CC[C@@H]2NC(=O)c1cc(C(=O)NCc2ccc(F)c(CNc3c(N)c(=O)c3=O)c2)nc2n[nH]c(=O)n12. The van der Waals surface area contributed by atoms with Gasteiger partial charge in [-0.25, -0.2) is 56.9 Å². The largest absolute Gasteiger partial charge is 0.478 e. The number of carboxylic acids is 2. The molecule has 2 atom stereocenters. The Morgan fingerprint density at radius 1 is 0.543 bits per heavy atom. The van der Waals surface area contributed by atoms with E-state index in [2.05, 4.69) is 62.3 Å². The number of amides is 4. The van der Waals surface area contributed by atoms with Crippen molar-refractivity contribution < 1.29 is 47.8 Å². The number of halogens is 2. The second kappa shape index (κ2) is 24.3. The maximum Gasteiger partial charge on any atom is 0.349 e. The molecule has 2 aliphatic rings. The first kappa shape index (κ1) is 61.3. The highest BCUT2D eigenvalue weighted by Crippen LogP contribution is 2.36. The third-order valence-corrected chi connectivity index (χ3v) is 16.1. The van der Waals surface area contributed by atoms with Gasteiger partial charge in [0, 0.05) is 37.3 Å². The zero-order valence-corrected chi connectivity index (χ0v) is 48.1. The molecule has 92 heavy (non-hydrogen) atoms. The van der Waals surface area contributed by atoms with Crippen LogP contribution in [0.1, 0.15) is 143 Å². The molecule has 14 N–H and O–H groups in total. The Morgan fingerprint density at radius 3 is 1.39 bits per heavy atom. The van der Waals surface area contributed by atoms with Crippen LogP contribution in [0.25, 0.3) is 11.6 Å². The van der Waals surface area contributed by atoms with Crippen molar-refractivity contribution in [3.8, 4) is 0 Å². The minimum Gasteiger partial charge on any atom is -0.478 e. The molecule has 0 saturated carbocycles. The molecule has 0 spiro atoms. The molecule has 30 nitrogen and oxygen atoms in total. The summed E-state index contributed by atoms with van der Waals surface area (Å²) in [5, 5.41) is 47.2. The topological polar surface area (TPSA) is 461 Å². The third kappa shape index (κ3) is 11.4. The quantitative estimate of drug-likeness (QED) is 0.0540. The monoisotopic (exact) mass is 1260 g/mol. The lowest BCUT2D eigenvalue weighted by atomic mass is 9.98. The van der Waals surface area contributed by atoms with E-state index in [-0.39, 0.29) is 106 Å². The molecule has 10 aromatic rings. The summed E-state index contributed by atoms with van der Waals surface area (Å²) >= 11 is 0. The Bertz CT molecular complexity index is 5090. The number of nitrogens with two attached hydrogens (primary N) is 2. The highest BCUT2D eigenvalue weighted by Gasteiger charge is 2.32. The number of hydrogen-bond acceptors (Lipinski definition) is 20. The van der Waals surface area contributed by atoms with Crippen LogP contribution in [0.5, 0.6) is 0 Å². The maximum atomic E-state index is 14.4. The lowest BCUT2D eigenvalue weighted by molar-refractivity contribution is 0.0685. The maximum absolute atomic E-state index is 14.4. The highest BCUT2D eigenvalue weighted by atomic mass is 19.1. The van der Waals surface area contributed by atoms with Crippen LogP contribution in [-0.4, -0.2) is 84.9 Å². The van der Waals surface area contributed by atoms with Crippen LogP contribution in [0.2, 0.25) is 0 Å². The molecule has 0 aliphatic heterocycles. The summed E-state index contributed by atoms with van der Waals surface area (Å²) < 4.78 is 30.7. The average Bonchev–Trinajstić information content (AvgIpc) is 1.57. The van der Waals surface area contributed by atoms with Crippen molar-refractivity contribution in [2.24, 2.45) is 0 Å². The molecule has 0 saturated heterocycles. The number of fused-ring (bicyclic) bond motifs is 4. The number of anilines is 4. The molecule has 32 heteroatoms. The summed E-state index contributed by atoms with van der Waals surface area (Å²) in [6, 6.07) is 15.8. The number of carbonyl (C=O) groups is 6. The van der Waals surface area contributed by atoms with Gasteiger partial charge in [-0.05, 0) is 133 Å². The van der Waals surface area contributed by atoms with Crippen LogP contribution in [0, 0.1) is 25.5 Å². The van der Waals surface area contributed by atoms with Crippen LogP contribution < -0.4 is 76.5 Å². The van der Waals surface area contributed by atoms with Crippen molar-refractivity contribution in [2.75, 3.05) is 22.1 Å². The lowest BCUT2D eigenvalue weighted by Gasteiger charge is -2.16. The van der Waals surface area contributed by atoms with E-state index >= 15 is 0 Å². The van der Waals surface area contributed by atoms with Crippen molar-refractivity contribution in [1.29, 1.82) is 0 Å². The number of carboxylic acid groups (broad SMARTS) is 2. The summed E-state index contributed by atoms with van der Waals surface area (Å²) in [5.41, 5.74) is 11.0. The van der Waals surface area contributed by atoms with Gasteiger partial charge < -0.3 is 53.6 Å². The molecule has 6 aromatic carbocycles. The Balaban J connectivity index is 0.000000188. The van der Waals surface area contributed by atoms with Gasteiger partial charge in [0.2, 0.25) is 0 Å². The minimum absolute atomic E-state index is 0.0767. The third-order valence-electron chi connectivity index (χ3n) is 16.1. The number of hydrogen-bond donors (Lipinski definition) is 12. The number of H-pyrrole nitrogens is 2. The predicted molar refractivity (Wildman–Crippen MR) is 322 cm³/mol. The first-order chi connectivity index (χ1) is 43.9. The summed E-state index contributed by atoms with van der Waals surface area (Å²) in [6.07, 6.45) is 2.13. The highest BCUT2D eigenvalue weighted by molar-refractivity contribution is 6.00. The number of nitrogens with one attached hydrogen (secondary N) is 8. The molecular weight excluding hydrogens is 1210 g/mol. The van der Waals surface area contributed by atoms with Crippen molar-refractivity contribution in [1.82, 2.24) is 60.4 Å². The Hall–Kier alpha value is -12.4. The minimum atomic E-state index is -1.04. The fraction of sp³-hybridized carbons (Fsp3) is 0.200. The van der Waals surface area contributed by atoms with Crippen molar-refractivity contribution in [3.05, 3.63) is 236 Å². The van der Waals surface area contributed by atoms with Crippen LogP contribution >= 0.6 is 0 Å². The molecule has 0 unspecified atom stereocenters. The van der Waals surface area contributed by atoms with Gasteiger partial charge in [0.15, 0.2) is 0 Å². The molecule has 4 aromatic heterocycles. The van der Waals surface area contributed by atoms with Crippen LogP contribution in [0.3, 0.4) is 0 Å². The van der Waals surface area contributed by atoms with E-state index in [0.717, 1.165) is 43.2 Å². The number of aromatic carboxylic acids is 2. The second-order valence-corrected chi connectivity index (χ2v) is 21.6. The van der Waals surface area contributed by atoms with Crippen LogP contribution in [0.15, 0.2) is 102 Å². The standard InChI is InChI=1S/2C30H25FN8O7/c1-12-15-5-7-19(17(15)4-3-16(12)28(44)45)35-26(42)20-9-21(39-29(36-20)37-38-30(39)46)27(43)34-10-13-2-6-18(31)14(8-13)11-33-23-22(32)24(40)25(23)41;1-12-15-5-7-19(17(15)4-3-16(12)28(44)45)35-27(43)21-9-20(36-29-37-38-30(46)39(21)29)26(42)34-10-13-2-6-18(31)14(8-13)11-33-23-22(32)24(40)25(23)41/h2-4,6,8-9,19,33H,5,7,10-11,32H2,1H3,(H,34,43)(H,35,42)(H,38,46)(H,44,45);2-4,6,8-9,19,33H,5,7,10-11,32H2,1H3,(H,34,42)(H,35,43)(H,38,46)(H,44,45)/t2*19-/m00/s1. The van der Waals surface area contributed by atoms with E-state index in [1.54, 1.807) is 26.0 Å². The Labute approximate surface area is 512 Å². The van der Waals surface area contributed by atoms with Gasteiger partial charge in [-0.15, -0.1) is 10.2 Å². The van der Waals surface area contributed by atoms with Crippen molar-refractivity contribution >= 4 is 69.9 Å². The molecule has 12 rings (SSSR count). The number of nitrogen functional groups attached to an aromatic ring is 2. The number of carbonyl (C=O) groups excluding carboxylic acids is 4. The second-order valence-electron chi connectivity index (χ2n) is 21.6. The number of rotatable bonds is 18. The fourth-order valence-electron chi connectivity index (χ4n) is 11.2. The Kier molecular flexibility index (Phi) is 16.2. The van der Waals surface area contributed by atoms with Crippen molar-refractivity contribution in [3.63, 3.8) is 0 Å². The summed E-state index contributed by atoms with van der Waals surface area (Å²) in [7, 11) is 0. The number of aromatic nitrogens is 8. The van der Waals surface area contributed by atoms with Gasteiger partial charge in [-0.2, -0.15) is 0 Å². The van der Waals surface area contributed by atoms with E-state index in [4.69, 9.17) is 11.5 Å². The van der Waals surface area contributed by atoms with Gasteiger partial charge >= 0.3 is 23.3 Å². The smallest absolute Gasteiger partial charge is 0.349 e. The number of nitrogens with zero attached hydrogens (tertiary/aromatic N) is 6. The summed E-state index contributed by atoms with van der Waals surface area (Å²) in [4.78, 5) is 155. The number of aromatic amines is 2. The fourth-order valence-corrected chi connectivity index (χ4v) is 11.2. The lowest BCUT2D eigenvalue weighted by Crippen LogP contribution is -2.37. The van der Waals surface area contributed by atoms with Crippen LogP contribution in [0.4, 0.5) is 31.5 Å². The van der Waals surface area contributed by atoms with Gasteiger partial charge in [-0.3, -0.25) is 38.4 Å². The van der Waals surface area contributed by atoms with Crippen molar-refractivity contribution in [2.45, 2.75) is 77.8 Å². The normalized spacial score (nSPS) is 13.9. The zero-order valence-electron chi connectivity index (χ0n) is 48.1. The molecule has 0 bridgehead atoms. The van der Waals surface area contributed by atoms with E-state index in [1.807, 2.05) is 0 Å². The van der Waals surface area contributed by atoms with E-state index in [1.165, 1.54) is 48.5 Å². The molecule has 0 radical (unpaired) electrons. The van der Waals surface area contributed by atoms with Gasteiger partial charge in [0.05, 0.1) is 23.2 Å². The predicted octanol–water partition coefficient (Wildman–Crippen LogP) is 1.40. The van der Waals surface area contributed by atoms with Gasteiger partial charge in [-0.1, -0.05) is 24.3 Å². The zero-order chi connectivity index (χ0) is 65.7. The first-order valence-corrected chi connectivity index (χ1v) is 27.9.